The van der Waals surface area contributed by atoms with E-state index in [1.807, 2.05) is 30.5 Å². The number of nitrogens with zero attached hydrogens (tertiary/aromatic N) is 3. The zero-order valence-electron chi connectivity index (χ0n) is 13.1. The first-order valence-corrected chi connectivity index (χ1v) is 7.99. The second kappa shape index (κ2) is 5.65. The number of para-hydroxylation sites is 1. The van der Waals surface area contributed by atoms with Crippen LogP contribution in [0.1, 0.15) is 35.7 Å². The second-order valence-corrected chi connectivity index (χ2v) is 6.17. The average molecular weight is 309 g/mol. The summed E-state index contributed by atoms with van der Waals surface area (Å²) in [6.45, 7) is 0. The number of hydrogen-bond acceptors (Lipinski definition) is 4. The largest absolute Gasteiger partial charge is 0.496 e. The van der Waals surface area contributed by atoms with E-state index in [1.165, 1.54) is 0 Å². The Hall–Kier alpha value is -2.43. The average Bonchev–Trinajstić information content (AvgIpc) is 2.90. The van der Waals surface area contributed by atoms with E-state index in [0.29, 0.717) is 6.42 Å². The SMILES string of the molecule is COc1ccccc1CC(=O)N1C2CCC1c1cncnc1C2. The molecule has 5 heteroatoms. The Morgan fingerprint density at radius 1 is 1.35 bits per heavy atom. The van der Waals surface area contributed by atoms with Crippen molar-refractivity contribution in [2.45, 2.75) is 37.8 Å². The van der Waals surface area contributed by atoms with Crippen molar-refractivity contribution >= 4 is 5.91 Å². The van der Waals surface area contributed by atoms with Gasteiger partial charge in [-0.15, -0.1) is 0 Å². The van der Waals surface area contributed by atoms with Crippen molar-refractivity contribution in [3.8, 4) is 5.75 Å². The van der Waals surface area contributed by atoms with Crippen molar-refractivity contribution < 1.29 is 9.53 Å². The molecule has 1 aromatic heterocycles. The Bertz CT molecular complexity index is 747. The van der Waals surface area contributed by atoms with Crippen LogP contribution >= 0.6 is 0 Å². The maximum Gasteiger partial charge on any atom is 0.227 e. The van der Waals surface area contributed by atoms with Crippen LogP contribution < -0.4 is 4.74 Å². The molecule has 2 aliphatic heterocycles. The molecule has 2 atom stereocenters. The summed E-state index contributed by atoms with van der Waals surface area (Å²) in [5.41, 5.74) is 3.16. The lowest BCUT2D eigenvalue weighted by molar-refractivity contribution is -0.134. The van der Waals surface area contributed by atoms with Crippen LogP contribution in [0.25, 0.3) is 0 Å². The smallest absolute Gasteiger partial charge is 0.227 e. The molecule has 4 rings (SSSR count). The lowest BCUT2D eigenvalue weighted by atomic mass is 9.98. The molecular formula is C18H19N3O2. The maximum atomic E-state index is 12.9. The van der Waals surface area contributed by atoms with Crippen LogP contribution in [0.4, 0.5) is 0 Å². The van der Waals surface area contributed by atoms with Gasteiger partial charge in [-0.05, 0) is 18.9 Å². The van der Waals surface area contributed by atoms with Gasteiger partial charge in [-0.2, -0.15) is 0 Å². The third kappa shape index (κ3) is 2.36. The number of fused-ring (bicyclic) bond motifs is 4. The predicted octanol–water partition coefficient (Wildman–Crippen LogP) is 2.32. The van der Waals surface area contributed by atoms with Gasteiger partial charge in [0.1, 0.15) is 12.1 Å². The fourth-order valence-corrected chi connectivity index (χ4v) is 3.91. The van der Waals surface area contributed by atoms with Crippen LogP contribution in [-0.4, -0.2) is 33.9 Å². The Labute approximate surface area is 135 Å². The Morgan fingerprint density at radius 2 is 2.22 bits per heavy atom. The zero-order valence-corrected chi connectivity index (χ0v) is 13.1. The fraction of sp³-hybridized carbons (Fsp3) is 0.389. The molecule has 2 bridgehead atoms. The van der Waals surface area contributed by atoms with E-state index in [9.17, 15) is 4.79 Å². The molecule has 2 unspecified atom stereocenters. The first kappa shape index (κ1) is 14.2. The first-order valence-electron chi connectivity index (χ1n) is 7.99. The topological polar surface area (TPSA) is 55.3 Å². The zero-order chi connectivity index (χ0) is 15.8. The molecule has 0 radical (unpaired) electrons. The van der Waals surface area contributed by atoms with Crippen LogP contribution in [0.5, 0.6) is 5.75 Å². The van der Waals surface area contributed by atoms with Crippen LogP contribution in [0.3, 0.4) is 0 Å². The highest BCUT2D eigenvalue weighted by atomic mass is 16.5. The van der Waals surface area contributed by atoms with Gasteiger partial charge in [0.05, 0.1) is 25.3 Å². The van der Waals surface area contributed by atoms with Crippen molar-refractivity contribution in [3.05, 3.63) is 53.6 Å². The Morgan fingerprint density at radius 3 is 3.09 bits per heavy atom. The van der Waals surface area contributed by atoms with E-state index in [4.69, 9.17) is 4.74 Å². The van der Waals surface area contributed by atoms with E-state index in [-0.39, 0.29) is 18.0 Å². The number of ether oxygens (including phenoxy) is 1. The van der Waals surface area contributed by atoms with Crippen molar-refractivity contribution in [3.63, 3.8) is 0 Å². The molecule has 2 aromatic rings. The standard InChI is InChI=1S/C18H19N3O2/c1-23-17-5-3-2-4-12(17)8-18(22)21-13-6-7-16(21)14-10-19-11-20-15(14)9-13/h2-5,10-11,13,16H,6-9H2,1H3. The van der Waals surface area contributed by atoms with E-state index in [1.54, 1.807) is 13.4 Å². The minimum atomic E-state index is 0.132. The molecule has 5 nitrogen and oxygen atoms in total. The molecular weight excluding hydrogens is 290 g/mol. The number of amides is 1. The molecule has 23 heavy (non-hydrogen) atoms. The Balaban J connectivity index is 1.60. The third-order valence-electron chi connectivity index (χ3n) is 4.94. The van der Waals surface area contributed by atoms with Crippen molar-refractivity contribution in [2.24, 2.45) is 0 Å². The number of carbonyl (C=O) groups excluding carboxylic acids is 1. The number of rotatable bonds is 3. The first-order chi connectivity index (χ1) is 11.3. The van der Waals surface area contributed by atoms with Gasteiger partial charge in [0.2, 0.25) is 5.91 Å². The molecule has 3 heterocycles. The summed E-state index contributed by atoms with van der Waals surface area (Å²) in [5.74, 6) is 0.936. The summed E-state index contributed by atoms with van der Waals surface area (Å²) >= 11 is 0. The van der Waals surface area contributed by atoms with Gasteiger partial charge in [0, 0.05) is 29.8 Å². The van der Waals surface area contributed by atoms with Gasteiger partial charge in [-0.25, -0.2) is 9.97 Å². The van der Waals surface area contributed by atoms with Gasteiger partial charge < -0.3 is 9.64 Å². The molecule has 1 saturated heterocycles. The van der Waals surface area contributed by atoms with Crippen LogP contribution in [0.15, 0.2) is 36.8 Å². The molecule has 0 N–H and O–H groups in total. The molecule has 2 aliphatic rings. The molecule has 0 saturated carbocycles. The number of methoxy groups -OCH3 is 1. The predicted molar refractivity (Wildman–Crippen MR) is 85.0 cm³/mol. The summed E-state index contributed by atoms with van der Waals surface area (Å²) in [4.78, 5) is 23.5. The second-order valence-electron chi connectivity index (χ2n) is 6.17. The summed E-state index contributed by atoms with van der Waals surface area (Å²) in [7, 11) is 1.64. The minimum absolute atomic E-state index is 0.132. The number of aromatic nitrogens is 2. The number of hydrogen-bond donors (Lipinski definition) is 0. The van der Waals surface area contributed by atoms with Crippen LogP contribution in [0, 0.1) is 0 Å². The van der Waals surface area contributed by atoms with Crippen molar-refractivity contribution in [2.75, 3.05) is 7.11 Å². The third-order valence-corrected chi connectivity index (χ3v) is 4.94. The van der Waals surface area contributed by atoms with Gasteiger partial charge in [0.25, 0.3) is 0 Å². The number of benzene rings is 1. The van der Waals surface area contributed by atoms with E-state index in [2.05, 4.69) is 14.9 Å². The molecule has 118 valence electrons. The summed E-state index contributed by atoms with van der Waals surface area (Å²) in [6, 6.07) is 8.12. The van der Waals surface area contributed by atoms with Crippen molar-refractivity contribution in [1.29, 1.82) is 0 Å². The number of carbonyl (C=O) groups is 1. The van der Waals surface area contributed by atoms with Gasteiger partial charge in [0.15, 0.2) is 0 Å². The maximum absolute atomic E-state index is 12.9. The summed E-state index contributed by atoms with van der Waals surface area (Å²) in [6.07, 6.45) is 6.73. The lowest BCUT2D eigenvalue weighted by Gasteiger charge is -2.35. The van der Waals surface area contributed by atoms with Crippen LogP contribution in [-0.2, 0) is 17.6 Å². The van der Waals surface area contributed by atoms with Gasteiger partial charge in [-0.3, -0.25) is 4.79 Å². The van der Waals surface area contributed by atoms with Gasteiger partial charge >= 0.3 is 0 Å². The molecule has 1 amide bonds. The van der Waals surface area contributed by atoms with E-state index in [0.717, 1.165) is 41.8 Å². The van der Waals surface area contributed by atoms with E-state index >= 15 is 0 Å². The van der Waals surface area contributed by atoms with E-state index < -0.39 is 0 Å². The highest BCUT2D eigenvalue weighted by Crippen LogP contribution is 2.43. The molecule has 0 spiro atoms. The minimum Gasteiger partial charge on any atom is -0.496 e. The normalized spacial score (nSPS) is 21.9. The molecule has 1 fully saturated rings. The fourth-order valence-electron chi connectivity index (χ4n) is 3.91. The highest BCUT2D eigenvalue weighted by molar-refractivity contribution is 5.81. The molecule has 1 aromatic carbocycles. The van der Waals surface area contributed by atoms with Crippen LogP contribution in [0.2, 0.25) is 0 Å². The highest BCUT2D eigenvalue weighted by Gasteiger charge is 2.43. The summed E-state index contributed by atoms with van der Waals surface area (Å²) < 4.78 is 5.37. The quantitative estimate of drug-likeness (QED) is 0.873. The summed E-state index contributed by atoms with van der Waals surface area (Å²) in [5, 5.41) is 0. The van der Waals surface area contributed by atoms with Crippen molar-refractivity contribution in [1.82, 2.24) is 14.9 Å². The lowest BCUT2D eigenvalue weighted by Crippen LogP contribution is -2.43. The monoisotopic (exact) mass is 309 g/mol. The molecule has 0 aliphatic carbocycles. The van der Waals surface area contributed by atoms with Gasteiger partial charge in [-0.1, -0.05) is 18.2 Å². The Kier molecular flexibility index (Phi) is 3.48.